The second-order valence-electron chi connectivity index (χ2n) is 4.38. The number of hydrogen-bond donors (Lipinski definition) is 3. The summed E-state index contributed by atoms with van der Waals surface area (Å²) >= 11 is 3.38. The van der Waals surface area contributed by atoms with E-state index < -0.39 is 0 Å². The molecule has 2 rings (SSSR count). The maximum absolute atomic E-state index is 11.7. The van der Waals surface area contributed by atoms with Crippen LogP contribution in [-0.4, -0.2) is 12.5 Å². The first-order chi connectivity index (χ1) is 10.1. The van der Waals surface area contributed by atoms with E-state index >= 15 is 0 Å². The van der Waals surface area contributed by atoms with Crippen LogP contribution in [0.4, 0.5) is 5.69 Å². The lowest BCUT2D eigenvalue weighted by molar-refractivity contribution is -0.120. The van der Waals surface area contributed by atoms with Crippen LogP contribution in [-0.2, 0) is 4.79 Å². The van der Waals surface area contributed by atoms with Crippen LogP contribution in [0.1, 0.15) is 5.56 Å². The molecule has 108 valence electrons. The average Bonchev–Trinajstić information content (AvgIpc) is 2.51. The van der Waals surface area contributed by atoms with Crippen LogP contribution in [0.25, 0.3) is 5.70 Å². The number of nitrogens with one attached hydrogen (secondary N) is 3. The van der Waals surface area contributed by atoms with Gasteiger partial charge < -0.3 is 5.32 Å². The van der Waals surface area contributed by atoms with Crippen LogP contribution in [0, 0.1) is 0 Å². The maximum Gasteiger partial charge on any atom is 0.257 e. The second-order valence-corrected chi connectivity index (χ2v) is 5.30. The highest BCUT2D eigenvalue weighted by Crippen LogP contribution is 2.15. The predicted molar refractivity (Wildman–Crippen MR) is 89.4 cm³/mol. The molecule has 0 saturated carbocycles. The van der Waals surface area contributed by atoms with E-state index in [0.29, 0.717) is 5.70 Å². The Kier molecular flexibility index (Phi) is 5.40. The number of carbonyl (C=O) groups excluding carboxylic acids is 1. The molecule has 0 bridgehead atoms. The molecule has 0 heterocycles. The molecular weight excluding hydrogens is 330 g/mol. The number of anilines is 1. The molecule has 0 unspecified atom stereocenters. The van der Waals surface area contributed by atoms with E-state index in [-0.39, 0.29) is 12.5 Å². The van der Waals surface area contributed by atoms with Gasteiger partial charge >= 0.3 is 0 Å². The minimum Gasteiger partial charge on any atom is -0.376 e. The number of rotatable bonds is 6. The zero-order valence-corrected chi connectivity index (χ0v) is 13.0. The van der Waals surface area contributed by atoms with Crippen molar-refractivity contribution in [2.24, 2.45) is 0 Å². The summed E-state index contributed by atoms with van der Waals surface area (Å²) in [6.45, 7) is 4.05. The third-order valence-electron chi connectivity index (χ3n) is 2.75. The molecule has 3 N–H and O–H groups in total. The molecule has 5 heteroatoms. The Morgan fingerprint density at radius 2 is 1.81 bits per heavy atom. The fourth-order valence-electron chi connectivity index (χ4n) is 1.68. The zero-order chi connectivity index (χ0) is 15.1. The van der Waals surface area contributed by atoms with Crippen molar-refractivity contribution < 1.29 is 4.79 Å². The lowest BCUT2D eigenvalue weighted by atomic mass is 10.2. The topological polar surface area (TPSA) is 53.2 Å². The number of hydrogen-bond acceptors (Lipinski definition) is 3. The molecule has 0 aliphatic heterocycles. The van der Waals surface area contributed by atoms with E-state index in [9.17, 15) is 4.79 Å². The molecule has 0 aliphatic rings. The summed E-state index contributed by atoms with van der Waals surface area (Å²) in [7, 11) is 0. The van der Waals surface area contributed by atoms with E-state index in [2.05, 4.69) is 38.7 Å². The Morgan fingerprint density at radius 3 is 2.52 bits per heavy atom. The van der Waals surface area contributed by atoms with Gasteiger partial charge in [0.25, 0.3) is 5.91 Å². The summed E-state index contributed by atoms with van der Waals surface area (Å²) in [6.07, 6.45) is 0. The number of benzene rings is 2. The lowest BCUT2D eigenvalue weighted by Crippen LogP contribution is -2.39. The summed E-state index contributed by atoms with van der Waals surface area (Å²) in [4.78, 5) is 11.7. The van der Waals surface area contributed by atoms with Gasteiger partial charge in [-0.25, -0.2) is 0 Å². The Labute approximate surface area is 132 Å². The summed E-state index contributed by atoms with van der Waals surface area (Å²) in [5.41, 5.74) is 7.86. The predicted octanol–water partition coefficient (Wildman–Crippen LogP) is 3.15. The highest BCUT2D eigenvalue weighted by molar-refractivity contribution is 9.10. The Hall–Kier alpha value is -2.27. The van der Waals surface area contributed by atoms with Crippen LogP contribution in [0.3, 0.4) is 0 Å². The van der Waals surface area contributed by atoms with Gasteiger partial charge in [-0.15, -0.1) is 0 Å². The van der Waals surface area contributed by atoms with Crippen molar-refractivity contribution in [3.63, 3.8) is 0 Å². The standard InChI is InChI=1S/C16H16BrN3O/c1-12(13-6-3-2-4-7-13)19-20-16(21)11-18-15-9-5-8-14(17)10-15/h2-10,18-19H,1,11H2,(H,20,21). The molecule has 0 fully saturated rings. The lowest BCUT2D eigenvalue weighted by Gasteiger charge is -2.12. The van der Waals surface area contributed by atoms with E-state index in [1.807, 2.05) is 54.6 Å². The van der Waals surface area contributed by atoms with Crippen molar-refractivity contribution in [2.45, 2.75) is 0 Å². The maximum atomic E-state index is 11.7. The van der Waals surface area contributed by atoms with Crippen molar-refractivity contribution in [3.8, 4) is 0 Å². The van der Waals surface area contributed by atoms with Crippen molar-refractivity contribution in [1.29, 1.82) is 0 Å². The minimum absolute atomic E-state index is 0.172. The highest BCUT2D eigenvalue weighted by atomic mass is 79.9. The molecule has 2 aromatic carbocycles. The van der Waals surface area contributed by atoms with Gasteiger partial charge in [0.15, 0.2) is 0 Å². The first-order valence-corrected chi connectivity index (χ1v) is 7.23. The SMILES string of the molecule is C=C(NNC(=O)CNc1cccc(Br)c1)c1ccccc1. The van der Waals surface area contributed by atoms with Crippen LogP contribution >= 0.6 is 15.9 Å². The Balaban J connectivity index is 1.76. The largest absolute Gasteiger partial charge is 0.376 e. The monoisotopic (exact) mass is 345 g/mol. The third-order valence-corrected chi connectivity index (χ3v) is 3.25. The van der Waals surface area contributed by atoms with Crippen molar-refractivity contribution >= 4 is 33.2 Å². The van der Waals surface area contributed by atoms with Gasteiger partial charge in [0.1, 0.15) is 0 Å². The Bertz CT molecular complexity index is 628. The second kappa shape index (κ2) is 7.50. The molecule has 0 saturated heterocycles. The van der Waals surface area contributed by atoms with Gasteiger partial charge in [0.05, 0.1) is 12.2 Å². The molecule has 4 nitrogen and oxygen atoms in total. The van der Waals surface area contributed by atoms with Gasteiger partial charge in [-0.05, 0) is 23.8 Å². The Morgan fingerprint density at radius 1 is 1.05 bits per heavy atom. The van der Waals surface area contributed by atoms with Crippen LogP contribution in [0.5, 0.6) is 0 Å². The smallest absolute Gasteiger partial charge is 0.257 e. The van der Waals surface area contributed by atoms with E-state index in [0.717, 1.165) is 15.7 Å². The molecule has 21 heavy (non-hydrogen) atoms. The minimum atomic E-state index is -0.174. The number of halogens is 1. The zero-order valence-electron chi connectivity index (χ0n) is 11.4. The summed E-state index contributed by atoms with van der Waals surface area (Å²) < 4.78 is 0.962. The van der Waals surface area contributed by atoms with Gasteiger partial charge in [0.2, 0.25) is 0 Å². The molecule has 0 aliphatic carbocycles. The summed E-state index contributed by atoms with van der Waals surface area (Å²) in [6, 6.07) is 17.2. The van der Waals surface area contributed by atoms with Crippen LogP contribution in [0.2, 0.25) is 0 Å². The molecule has 2 aromatic rings. The van der Waals surface area contributed by atoms with E-state index in [1.165, 1.54) is 0 Å². The summed E-state index contributed by atoms with van der Waals surface area (Å²) in [5, 5.41) is 3.04. The molecule has 0 aromatic heterocycles. The van der Waals surface area contributed by atoms with Gasteiger partial charge in [-0.1, -0.05) is 58.9 Å². The average molecular weight is 346 g/mol. The normalized spacial score (nSPS) is 9.76. The number of hydrazine groups is 1. The fourth-order valence-corrected chi connectivity index (χ4v) is 2.08. The molecule has 0 atom stereocenters. The number of carbonyl (C=O) groups is 1. The summed E-state index contributed by atoms with van der Waals surface area (Å²) in [5.74, 6) is -0.174. The van der Waals surface area contributed by atoms with Gasteiger partial charge in [-0.3, -0.25) is 15.6 Å². The fraction of sp³-hybridized carbons (Fsp3) is 0.0625. The molecule has 0 spiro atoms. The first-order valence-electron chi connectivity index (χ1n) is 6.44. The van der Waals surface area contributed by atoms with Crippen LogP contribution < -0.4 is 16.2 Å². The third kappa shape index (κ3) is 4.96. The van der Waals surface area contributed by atoms with Gasteiger partial charge in [0, 0.05) is 10.2 Å². The van der Waals surface area contributed by atoms with Crippen molar-refractivity contribution in [2.75, 3.05) is 11.9 Å². The van der Waals surface area contributed by atoms with Gasteiger partial charge in [-0.2, -0.15) is 0 Å². The first kappa shape index (κ1) is 15.1. The number of amides is 1. The van der Waals surface area contributed by atoms with Crippen molar-refractivity contribution in [1.82, 2.24) is 10.9 Å². The quantitative estimate of drug-likeness (QED) is 0.705. The van der Waals surface area contributed by atoms with Crippen molar-refractivity contribution in [3.05, 3.63) is 71.2 Å². The van der Waals surface area contributed by atoms with E-state index in [1.54, 1.807) is 0 Å². The molecule has 1 amide bonds. The molecule has 0 radical (unpaired) electrons. The molecular formula is C16H16BrN3O. The highest BCUT2D eigenvalue weighted by Gasteiger charge is 2.02. The van der Waals surface area contributed by atoms with Crippen LogP contribution in [0.15, 0.2) is 65.6 Å². The van der Waals surface area contributed by atoms with E-state index in [4.69, 9.17) is 0 Å².